The summed E-state index contributed by atoms with van der Waals surface area (Å²) in [4.78, 5) is 39.3. The number of nitrogens with one attached hydrogen (secondary N) is 2. The van der Waals surface area contributed by atoms with E-state index in [4.69, 9.17) is 4.74 Å². The Kier molecular flexibility index (Phi) is 6.17. The number of nitrogens with zero attached hydrogens (tertiary/aromatic N) is 1. The monoisotopic (exact) mass is 429 g/mol. The summed E-state index contributed by atoms with van der Waals surface area (Å²) < 4.78 is 5.90. The molecule has 0 bridgehead atoms. The van der Waals surface area contributed by atoms with Gasteiger partial charge in [0.15, 0.2) is 6.10 Å². The minimum atomic E-state index is -0.906. The normalized spacial score (nSPS) is 13.5. The number of hydrogen-bond donors (Lipinski definition) is 2. The van der Waals surface area contributed by atoms with E-state index in [1.54, 1.807) is 55.5 Å². The molecule has 7 heteroatoms. The second-order valence-electron chi connectivity index (χ2n) is 7.41. The molecule has 0 aliphatic carbocycles. The molecule has 162 valence electrons. The molecule has 0 aromatic heterocycles. The fourth-order valence-corrected chi connectivity index (χ4v) is 3.52. The first kappa shape index (κ1) is 21.1. The standard InChI is InChI=1S/C25H23N3O4/c1-17(25(31)28-16-23(29)27-20-12-6-7-13-21(20)28)32-22-14-8-5-11-19(22)24(30)26-15-18-9-3-2-4-10-18/h2-14,17H,15-16H2,1H3,(H,26,30)(H,27,29)/t17-/m0/s1. The number of anilines is 2. The van der Waals surface area contributed by atoms with Gasteiger partial charge in [0.2, 0.25) is 5.91 Å². The molecule has 0 saturated carbocycles. The van der Waals surface area contributed by atoms with Gasteiger partial charge in [-0.25, -0.2) is 0 Å². The van der Waals surface area contributed by atoms with Gasteiger partial charge in [0.25, 0.3) is 11.8 Å². The van der Waals surface area contributed by atoms with Crippen molar-refractivity contribution in [3.8, 4) is 5.75 Å². The van der Waals surface area contributed by atoms with E-state index in [2.05, 4.69) is 10.6 Å². The average Bonchev–Trinajstić information content (AvgIpc) is 2.82. The first-order chi connectivity index (χ1) is 15.5. The first-order valence-corrected chi connectivity index (χ1v) is 10.3. The lowest BCUT2D eigenvalue weighted by molar-refractivity contribution is -0.126. The summed E-state index contributed by atoms with van der Waals surface area (Å²) in [6.07, 6.45) is -0.906. The number of fused-ring (bicyclic) bond motifs is 1. The van der Waals surface area contributed by atoms with Crippen molar-refractivity contribution in [3.63, 3.8) is 0 Å². The Morgan fingerprint density at radius 1 is 1.00 bits per heavy atom. The molecule has 3 aromatic carbocycles. The highest BCUT2D eigenvalue weighted by atomic mass is 16.5. The van der Waals surface area contributed by atoms with E-state index in [0.717, 1.165) is 5.56 Å². The predicted octanol–water partition coefficient (Wildman–Crippen LogP) is 3.37. The van der Waals surface area contributed by atoms with E-state index in [9.17, 15) is 14.4 Å². The Balaban J connectivity index is 1.48. The number of carbonyl (C=O) groups excluding carboxylic acids is 3. The Labute approximate surface area is 186 Å². The van der Waals surface area contributed by atoms with Gasteiger partial charge >= 0.3 is 0 Å². The topological polar surface area (TPSA) is 87.7 Å². The van der Waals surface area contributed by atoms with E-state index >= 15 is 0 Å². The van der Waals surface area contributed by atoms with Gasteiger partial charge in [0.1, 0.15) is 12.3 Å². The molecule has 1 atom stereocenters. The maximum Gasteiger partial charge on any atom is 0.268 e. The molecule has 32 heavy (non-hydrogen) atoms. The van der Waals surface area contributed by atoms with E-state index < -0.39 is 6.10 Å². The molecule has 1 aliphatic rings. The first-order valence-electron chi connectivity index (χ1n) is 10.3. The number of para-hydroxylation sites is 3. The molecule has 2 N–H and O–H groups in total. The number of amides is 3. The van der Waals surface area contributed by atoms with Crippen LogP contribution in [0.4, 0.5) is 11.4 Å². The molecular weight excluding hydrogens is 406 g/mol. The third kappa shape index (κ3) is 4.62. The highest BCUT2D eigenvalue weighted by Gasteiger charge is 2.31. The molecule has 1 heterocycles. The highest BCUT2D eigenvalue weighted by Crippen LogP contribution is 2.30. The van der Waals surface area contributed by atoms with Crippen molar-refractivity contribution in [1.29, 1.82) is 0 Å². The van der Waals surface area contributed by atoms with Crippen LogP contribution < -0.4 is 20.3 Å². The third-order valence-electron chi connectivity index (χ3n) is 5.12. The number of benzene rings is 3. The van der Waals surface area contributed by atoms with Crippen molar-refractivity contribution in [1.82, 2.24) is 5.32 Å². The van der Waals surface area contributed by atoms with Crippen molar-refractivity contribution in [2.75, 3.05) is 16.8 Å². The van der Waals surface area contributed by atoms with Gasteiger partial charge in [-0.1, -0.05) is 54.6 Å². The zero-order chi connectivity index (χ0) is 22.5. The third-order valence-corrected chi connectivity index (χ3v) is 5.12. The van der Waals surface area contributed by atoms with Gasteiger partial charge in [-0.15, -0.1) is 0 Å². The largest absolute Gasteiger partial charge is 0.480 e. The number of rotatable bonds is 6. The Bertz CT molecular complexity index is 1150. The molecule has 1 aliphatic heterocycles. The van der Waals surface area contributed by atoms with Gasteiger partial charge in [-0.2, -0.15) is 0 Å². The second kappa shape index (κ2) is 9.34. The van der Waals surface area contributed by atoms with Gasteiger partial charge in [-0.3, -0.25) is 19.3 Å². The van der Waals surface area contributed by atoms with Crippen molar-refractivity contribution < 1.29 is 19.1 Å². The average molecular weight is 429 g/mol. The lowest BCUT2D eigenvalue weighted by atomic mass is 10.1. The van der Waals surface area contributed by atoms with Crippen LogP contribution >= 0.6 is 0 Å². The Hall–Kier alpha value is -4.13. The molecule has 0 spiro atoms. The van der Waals surface area contributed by atoms with Crippen LogP contribution in [0.2, 0.25) is 0 Å². The zero-order valence-electron chi connectivity index (χ0n) is 17.6. The summed E-state index contributed by atoms with van der Waals surface area (Å²) in [6.45, 7) is 1.89. The lowest BCUT2D eigenvalue weighted by Crippen LogP contribution is -2.47. The maximum absolute atomic E-state index is 13.1. The van der Waals surface area contributed by atoms with Crippen molar-refractivity contribution in [2.24, 2.45) is 0 Å². The quantitative estimate of drug-likeness (QED) is 0.629. The van der Waals surface area contributed by atoms with Gasteiger partial charge in [0, 0.05) is 6.54 Å². The second-order valence-corrected chi connectivity index (χ2v) is 7.41. The summed E-state index contributed by atoms with van der Waals surface area (Å²) in [6, 6.07) is 23.5. The minimum Gasteiger partial charge on any atom is -0.480 e. The van der Waals surface area contributed by atoms with Crippen LogP contribution in [-0.2, 0) is 16.1 Å². The molecule has 3 aromatic rings. The van der Waals surface area contributed by atoms with Crippen LogP contribution in [0.15, 0.2) is 78.9 Å². The summed E-state index contributed by atoms with van der Waals surface area (Å²) >= 11 is 0. The van der Waals surface area contributed by atoms with Crippen LogP contribution in [0.5, 0.6) is 5.75 Å². The summed E-state index contributed by atoms with van der Waals surface area (Å²) in [5.41, 5.74) is 2.50. The van der Waals surface area contributed by atoms with E-state index in [0.29, 0.717) is 29.2 Å². The lowest BCUT2D eigenvalue weighted by Gasteiger charge is -2.31. The summed E-state index contributed by atoms with van der Waals surface area (Å²) in [5, 5.41) is 5.63. The molecule has 0 unspecified atom stereocenters. The highest BCUT2D eigenvalue weighted by molar-refractivity contribution is 6.11. The van der Waals surface area contributed by atoms with Crippen LogP contribution in [0.25, 0.3) is 0 Å². The summed E-state index contributed by atoms with van der Waals surface area (Å²) in [5.74, 6) is -0.641. The van der Waals surface area contributed by atoms with Crippen LogP contribution in [0.1, 0.15) is 22.8 Å². The van der Waals surface area contributed by atoms with E-state index in [-0.39, 0.29) is 24.3 Å². The van der Waals surface area contributed by atoms with Gasteiger partial charge in [0.05, 0.1) is 16.9 Å². The smallest absolute Gasteiger partial charge is 0.268 e. The number of ether oxygens (including phenoxy) is 1. The van der Waals surface area contributed by atoms with Crippen molar-refractivity contribution in [2.45, 2.75) is 19.6 Å². The molecule has 0 fully saturated rings. The van der Waals surface area contributed by atoms with Crippen LogP contribution in [0.3, 0.4) is 0 Å². The number of carbonyl (C=O) groups is 3. The van der Waals surface area contributed by atoms with Gasteiger partial charge < -0.3 is 15.4 Å². The molecule has 4 rings (SSSR count). The van der Waals surface area contributed by atoms with Crippen molar-refractivity contribution in [3.05, 3.63) is 90.0 Å². The molecule has 3 amide bonds. The Morgan fingerprint density at radius 3 is 2.50 bits per heavy atom. The van der Waals surface area contributed by atoms with Crippen LogP contribution in [-0.4, -0.2) is 30.4 Å². The van der Waals surface area contributed by atoms with Crippen molar-refractivity contribution >= 4 is 29.1 Å². The molecular formula is C25H23N3O4. The zero-order valence-corrected chi connectivity index (χ0v) is 17.6. The van der Waals surface area contributed by atoms with E-state index in [1.807, 2.05) is 30.3 Å². The predicted molar refractivity (Wildman–Crippen MR) is 122 cm³/mol. The Morgan fingerprint density at radius 2 is 1.69 bits per heavy atom. The van der Waals surface area contributed by atoms with Crippen LogP contribution in [0, 0.1) is 0 Å². The fourth-order valence-electron chi connectivity index (χ4n) is 3.52. The SMILES string of the molecule is C[C@H](Oc1ccccc1C(=O)NCc1ccccc1)C(=O)N1CC(=O)Nc2ccccc21. The molecule has 0 radical (unpaired) electrons. The van der Waals surface area contributed by atoms with E-state index in [1.165, 1.54) is 4.90 Å². The fraction of sp³-hybridized carbons (Fsp3) is 0.160. The summed E-state index contributed by atoms with van der Waals surface area (Å²) in [7, 11) is 0. The maximum atomic E-state index is 13.1. The molecule has 7 nitrogen and oxygen atoms in total. The molecule has 0 saturated heterocycles. The number of hydrogen-bond acceptors (Lipinski definition) is 4. The van der Waals surface area contributed by atoms with Gasteiger partial charge in [-0.05, 0) is 36.8 Å². The minimum absolute atomic E-state index is 0.0945.